The lowest BCUT2D eigenvalue weighted by atomic mass is 9.97. The second-order valence-corrected chi connectivity index (χ2v) is 7.32. The molecule has 6 nitrogen and oxygen atoms in total. The van der Waals surface area contributed by atoms with Gasteiger partial charge in [0.05, 0.1) is 6.04 Å². The fourth-order valence-electron chi connectivity index (χ4n) is 3.24. The van der Waals surface area contributed by atoms with Crippen LogP contribution in [0, 0.1) is 5.82 Å². The van der Waals surface area contributed by atoms with E-state index in [2.05, 4.69) is 20.5 Å². The van der Waals surface area contributed by atoms with Crippen LogP contribution in [0.25, 0.3) is 10.6 Å². The fraction of sp³-hybridized carbons (Fsp3) is 0.263. The predicted molar refractivity (Wildman–Crippen MR) is 102 cm³/mol. The number of pyridine rings is 1. The summed E-state index contributed by atoms with van der Waals surface area (Å²) >= 11 is 1.27. The number of likely N-dealkylation sites (tertiary alicyclic amines) is 1. The normalized spacial score (nSPS) is 16.9. The lowest BCUT2D eigenvalue weighted by Crippen LogP contribution is -2.41. The molecule has 1 aliphatic heterocycles. The van der Waals surface area contributed by atoms with Crippen LogP contribution in [0.3, 0.4) is 0 Å². The van der Waals surface area contributed by atoms with E-state index in [0.717, 1.165) is 30.4 Å². The number of piperidine rings is 1. The van der Waals surface area contributed by atoms with E-state index < -0.39 is 0 Å². The average molecular weight is 383 g/mol. The molecule has 0 radical (unpaired) electrons. The molecule has 1 N–H and O–H groups in total. The van der Waals surface area contributed by atoms with E-state index in [0.29, 0.717) is 16.7 Å². The van der Waals surface area contributed by atoms with E-state index in [1.807, 2.05) is 23.2 Å². The average Bonchev–Trinajstić information content (AvgIpc) is 3.17. The second kappa shape index (κ2) is 7.79. The minimum atomic E-state index is -0.302. The van der Waals surface area contributed by atoms with E-state index in [1.165, 1.54) is 23.5 Å². The first-order chi connectivity index (χ1) is 13.2. The third kappa shape index (κ3) is 3.95. The smallest absolute Gasteiger partial charge is 0.317 e. The standard InChI is InChI=1S/C19H18FN5OS/c20-15-8-6-13(7-9-15)17-23-24-18(27-17)22-19(26)25-11-2-1-5-16(25)14-4-3-10-21-12-14/h3-4,6-10,12,16H,1-2,5,11H2,(H,22,24,26). The van der Waals surface area contributed by atoms with Crippen molar-refractivity contribution in [2.24, 2.45) is 0 Å². The molecular weight excluding hydrogens is 365 g/mol. The molecule has 1 fully saturated rings. The number of hydrogen-bond acceptors (Lipinski definition) is 5. The first-order valence-corrected chi connectivity index (χ1v) is 9.59. The van der Waals surface area contributed by atoms with E-state index in [-0.39, 0.29) is 17.9 Å². The van der Waals surface area contributed by atoms with Crippen LogP contribution in [0.1, 0.15) is 30.9 Å². The number of anilines is 1. The zero-order valence-electron chi connectivity index (χ0n) is 14.5. The molecule has 1 aromatic carbocycles. The van der Waals surface area contributed by atoms with Gasteiger partial charge < -0.3 is 4.90 Å². The lowest BCUT2D eigenvalue weighted by molar-refractivity contribution is 0.163. The van der Waals surface area contributed by atoms with Gasteiger partial charge in [0.2, 0.25) is 5.13 Å². The Balaban J connectivity index is 1.49. The highest BCUT2D eigenvalue weighted by Gasteiger charge is 2.28. The maximum atomic E-state index is 13.1. The number of halogens is 1. The van der Waals surface area contributed by atoms with Crippen molar-refractivity contribution < 1.29 is 9.18 Å². The van der Waals surface area contributed by atoms with Crippen molar-refractivity contribution >= 4 is 22.5 Å². The van der Waals surface area contributed by atoms with Crippen molar-refractivity contribution in [2.45, 2.75) is 25.3 Å². The van der Waals surface area contributed by atoms with Gasteiger partial charge in [0, 0.05) is 24.5 Å². The maximum absolute atomic E-state index is 13.1. The highest BCUT2D eigenvalue weighted by molar-refractivity contribution is 7.18. The Labute approximate surface area is 160 Å². The minimum Gasteiger partial charge on any atom is -0.317 e. The number of carbonyl (C=O) groups is 1. The zero-order chi connectivity index (χ0) is 18.6. The van der Waals surface area contributed by atoms with Crippen molar-refractivity contribution in [1.29, 1.82) is 0 Å². The van der Waals surface area contributed by atoms with Crippen molar-refractivity contribution in [3.8, 4) is 10.6 Å². The Bertz CT molecular complexity index is 915. The Morgan fingerprint density at radius 1 is 1.19 bits per heavy atom. The molecule has 1 aliphatic rings. The number of amides is 2. The molecule has 0 saturated carbocycles. The van der Waals surface area contributed by atoms with Crippen molar-refractivity contribution in [3.63, 3.8) is 0 Å². The topological polar surface area (TPSA) is 71.0 Å². The third-order valence-electron chi connectivity index (χ3n) is 4.56. The van der Waals surface area contributed by atoms with E-state index in [4.69, 9.17) is 0 Å². The molecule has 0 aliphatic carbocycles. The largest absolute Gasteiger partial charge is 0.324 e. The van der Waals surface area contributed by atoms with Crippen molar-refractivity contribution in [2.75, 3.05) is 11.9 Å². The van der Waals surface area contributed by atoms with Crippen LogP contribution in [-0.4, -0.2) is 32.7 Å². The molecule has 0 bridgehead atoms. The SMILES string of the molecule is O=C(Nc1nnc(-c2ccc(F)cc2)s1)N1CCCCC1c1cccnc1. The molecule has 27 heavy (non-hydrogen) atoms. The van der Waals surface area contributed by atoms with Crippen LogP contribution >= 0.6 is 11.3 Å². The van der Waals surface area contributed by atoms with Crippen LogP contribution in [-0.2, 0) is 0 Å². The molecule has 138 valence electrons. The van der Waals surface area contributed by atoms with Gasteiger partial charge in [-0.1, -0.05) is 17.4 Å². The molecule has 2 amide bonds. The number of nitrogens with zero attached hydrogens (tertiary/aromatic N) is 4. The predicted octanol–water partition coefficient (Wildman–Crippen LogP) is 4.50. The van der Waals surface area contributed by atoms with Crippen LogP contribution in [0.15, 0.2) is 48.8 Å². The highest BCUT2D eigenvalue weighted by atomic mass is 32.1. The molecule has 2 aromatic heterocycles. The van der Waals surface area contributed by atoms with Gasteiger partial charge in [-0.25, -0.2) is 9.18 Å². The Morgan fingerprint density at radius 2 is 2.04 bits per heavy atom. The Kier molecular flexibility index (Phi) is 5.06. The number of benzene rings is 1. The molecule has 0 spiro atoms. The molecule has 3 heterocycles. The summed E-state index contributed by atoms with van der Waals surface area (Å²) in [4.78, 5) is 18.8. The zero-order valence-corrected chi connectivity index (χ0v) is 15.3. The van der Waals surface area contributed by atoms with Crippen molar-refractivity contribution in [1.82, 2.24) is 20.1 Å². The minimum absolute atomic E-state index is 0.0111. The number of rotatable bonds is 3. The van der Waals surface area contributed by atoms with Gasteiger partial charge in [-0.3, -0.25) is 10.3 Å². The van der Waals surface area contributed by atoms with Crippen LogP contribution in [0.4, 0.5) is 14.3 Å². The van der Waals surface area contributed by atoms with E-state index >= 15 is 0 Å². The summed E-state index contributed by atoms with van der Waals surface area (Å²) in [7, 11) is 0. The van der Waals surface area contributed by atoms with Crippen molar-refractivity contribution in [3.05, 3.63) is 60.2 Å². The first-order valence-electron chi connectivity index (χ1n) is 8.78. The van der Waals surface area contributed by atoms with Crippen LogP contribution < -0.4 is 5.32 Å². The third-order valence-corrected chi connectivity index (χ3v) is 5.45. The van der Waals surface area contributed by atoms with Gasteiger partial charge in [0.25, 0.3) is 0 Å². The van der Waals surface area contributed by atoms with Gasteiger partial charge in [-0.05, 0) is 55.2 Å². The highest BCUT2D eigenvalue weighted by Crippen LogP contribution is 2.32. The molecule has 3 aromatic rings. The lowest BCUT2D eigenvalue weighted by Gasteiger charge is -2.35. The molecule has 1 unspecified atom stereocenters. The number of nitrogens with one attached hydrogen (secondary N) is 1. The summed E-state index contributed by atoms with van der Waals surface area (Å²) < 4.78 is 13.1. The number of aromatic nitrogens is 3. The quantitative estimate of drug-likeness (QED) is 0.723. The van der Waals surface area contributed by atoms with Gasteiger partial charge >= 0.3 is 6.03 Å². The van der Waals surface area contributed by atoms with Gasteiger partial charge in [0.1, 0.15) is 10.8 Å². The Hall–Kier alpha value is -2.87. The number of hydrogen-bond donors (Lipinski definition) is 1. The van der Waals surface area contributed by atoms with Gasteiger partial charge in [0.15, 0.2) is 0 Å². The molecule has 4 rings (SSSR count). The summed E-state index contributed by atoms with van der Waals surface area (Å²) in [6, 6.07) is 9.75. The Morgan fingerprint density at radius 3 is 2.81 bits per heavy atom. The molecular formula is C19H18FN5OS. The van der Waals surface area contributed by atoms with E-state index in [9.17, 15) is 9.18 Å². The first kappa shape index (κ1) is 17.5. The van der Waals surface area contributed by atoms with Crippen LogP contribution in [0.2, 0.25) is 0 Å². The molecule has 1 saturated heterocycles. The van der Waals surface area contributed by atoms with E-state index in [1.54, 1.807) is 18.3 Å². The fourth-order valence-corrected chi connectivity index (χ4v) is 3.98. The molecule has 1 atom stereocenters. The summed E-state index contributed by atoms with van der Waals surface area (Å²) in [6.07, 6.45) is 6.51. The summed E-state index contributed by atoms with van der Waals surface area (Å²) in [5.41, 5.74) is 1.80. The second-order valence-electron chi connectivity index (χ2n) is 6.34. The summed E-state index contributed by atoms with van der Waals surface area (Å²) in [5, 5.41) is 12.1. The maximum Gasteiger partial charge on any atom is 0.324 e. The van der Waals surface area contributed by atoms with Gasteiger partial charge in [-0.15, -0.1) is 10.2 Å². The number of carbonyl (C=O) groups excluding carboxylic acids is 1. The molecule has 8 heteroatoms. The summed E-state index contributed by atoms with van der Waals surface area (Å²) in [5.74, 6) is -0.302. The number of urea groups is 1. The monoisotopic (exact) mass is 383 g/mol. The summed E-state index contributed by atoms with van der Waals surface area (Å²) in [6.45, 7) is 0.690. The van der Waals surface area contributed by atoms with Gasteiger partial charge in [-0.2, -0.15) is 0 Å². The van der Waals surface area contributed by atoms with Crippen LogP contribution in [0.5, 0.6) is 0 Å².